The summed E-state index contributed by atoms with van der Waals surface area (Å²) in [6, 6.07) is 8.92. The van der Waals surface area contributed by atoms with Gasteiger partial charge < -0.3 is 14.8 Å². The first-order valence-electron chi connectivity index (χ1n) is 5.89. The van der Waals surface area contributed by atoms with Crippen LogP contribution in [0.25, 0.3) is 0 Å². The summed E-state index contributed by atoms with van der Waals surface area (Å²) in [4.78, 5) is 15.4. The molecule has 0 radical (unpaired) electrons. The molecule has 0 bridgehead atoms. The third-order valence-electron chi connectivity index (χ3n) is 2.53. The fourth-order valence-corrected chi connectivity index (χ4v) is 1.66. The molecule has 0 fully saturated rings. The molecule has 3 N–H and O–H groups in total. The molecular formula is C13H15N3O3. The quantitative estimate of drug-likeness (QED) is 0.759. The number of anilines is 1. The van der Waals surface area contributed by atoms with E-state index in [-0.39, 0.29) is 18.7 Å². The zero-order chi connectivity index (χ0) is 13.5. The summed E-state index contributed by atoms with van der Waals surface area (Å²) < 4.78 is 4.89. The summed E-state index contributed by atoms with van der Waals surface area (Å²) in [5.74, 6) is 0. The molecule has 0 saturated heterocycles. The van der Waals surface area contributed by atoms with E-state index in [9.17, 15) is 9.90 Å². The van der Waals surface area contributed by atoms with Crippen LogP contribution in [0.15, 0.2) is 47.2 Å². The van der Waals surface area contributed by atoms with E-state index in [1.807, 2.05) is 30.3 Å². The summed E-state index contributed by atoms with van der Waals surface area (Å²) in [5.41, 5.74) is 1.04. The molecule has 0 aliphatic rings. The number of benzene rings is 1. The number of aromatic nitrogens is 1. The Bertz CT molecular complexity index is 499. The van der Waals surface area contributed by atoms with Gasteiger partial charge in [-0.1, -0.05) is 30.3 Å². The molecular weight excluding hydrogens is 246 g/mol. The van der Waals surface area contributed by atoms with Crippen LogP contribution < -0.4 is 10.6 Å². The van der Waals surface area contributed by atoms with Crippen molar-refractivity contribution in [3.05, 3.63) is 48.4 Å². The van der Waals surface area contributed by atoms with Gasteiger partial charge >= 0.3 is 12.0 Å². The van der Waals surface area contributed by atoms with Crippen molar-refractivity contribution in [2.45, 2.75) is 12.5 Å². The van der Waals surface area contributed by atoms with E-state index in [4.69, 9.17) is 4.42 Å². The minimum absolute atomic E-state index is 0.119. The predicted octanol–water partition coefficient (Wildman–Crippen LogP) is 1.40. The Hall–Kier alpha value is -2.34. The fraction of sp³-hybridized carbons (Fsp3) is 0.231. The molecule has 100 valence electrons. The summed E-state index contributed by atoms with van der Waals surface area (Å²) in [7, 11) is 0. The van der Waals surface area contributed by atoms with Gasteiger partial charge in [0.1, 0.15) is 6.26 Å². The third kappa shape index (κ3) is 4.11. The molecule has 0 aliphatic heterocycles. The zero-order valence-electron chi connectivity index (χ0n) is 10.2. The lowest BCUT2D eigenvalue weighted by atomic mass is 10.1. The van der Waals surface area contributed by atoms with E-state index in [0.29, 0.717) is 6.42 Å². The average Bonchev–Trinajstić information content (AvgIpc) is 2.92. The smallest absolute Gasteiger partial charge is 0.323 e. The number of urea groups is 1. The molecule has 2 amide bonds. The maximum atomic E-state index is 11.6. The van der Waals surface area contributed by atoms with Gasteiger partial charge in [0, 0.05) is 0 Å². The minimum atomic E-state index is -0.461. The number of carbonyl (C=O) groups is 1. The summed E-state index contributed by atoms with van der Waals surface area (Å²) in [5, 5.41) is 14.4. The van der Waals surface area contributed by atoms with Gasteiger partial charge in [-0.3, -0.25) is 5.32 Å². The Kier molecular flexibility index (Phi) is 4.52. The number of aliphatic hydroxyl groups is 1. The Morgan fingerprint density at radius 3 is 2.79 bits per heavy atom. The lowest BCUT2D eigenvalue weighted by Crippen LogP contribution is -2.41. The zero-order valence-corrected chi connectivity index (χ0v) is 10.2. The van der Waals surface area contributed by atoms with Gasteiger partial charge in [-0.05, 0) is 12.0 Å². The molecule has 1 aromatic carbocycles. The van der Waals surface area contributed by atoms with Crippen LogP contribution in [0.5, 0.6) is 0 Å². The highest BCUT2D eigenvalue weighted by molar-refractivity contribution is 5.87. The van der Waals surface area contributed by atoms with Crippen molar-refractivity contribution >= 4 is 12.0 Å². The van der Waals surface area contributed by atoms with Crippen LogP contribution in [0.3, 0.4) is 0 Å². The number of nitrogens with zero attached hydrogens (tertiary/aromatic N) is 1. The van der Waals surface area contributed by atoms with Gasteiger partial charge in [-0.2, -0.15) is 0 Å². The molecule has 0 aliphatic carbocycles. The van der Waals surface area contributed by atoms with E-state index in [1.165, 1.54) is 12.5 Å². The minimum Gasteiger partial charge on any atom is -0.432 e. The molecule has 6 nitrogen and oxygen atoms in total. The van der Waals surface area contributed by atoms with Crippen molar-refractivity contribution in [1.29, 1.82) is 0 Å². The summed E-state index contributed by atoms with van der Waals surface area (Å²) in [6.45, 7) is -0.145. The second kappa shape index (κ2) is 6.55. The number of amides is 2. The van der Waals surface area contributed by atoms with Crippen molar-refractivity contribution in [2.75, 3.05) is 11.9 Å². The molecule has 1 aromatic heterocycles. The molecule has 1 atom stereocenters. The standard InChI is InChI=1S/C13H15N3O3/c17-9-11(8-10-4-2-1-3-5-10)15-12(18)16-13-14-6-7-19-13/h1-7,11,17H,8-9H2,(H2,14,15,16,18)/t11-/m1/s1. The highest BCUT2D eigenvalue weighted by atomic mass is 16.4. The van der Waals surface area contributed by atoms with Crippen LogP contribution in [0.2, 0.25) is 0 Å². The van der Waals surface area contributed by atoms with Crippen LogP contribution in [0.4, 0.5) is 10.8 Å². The number of hydrogen-bond acceptors (Lipinski definition) is 4. The maximum absolute atomic E-state index is 11.6. The highest BCUT2D eigenvalue weighted by Gasteiger charge is 2.13. The second-order valence-corrected chi connectivity index (χ2v) is 4.00. The van der Waals surface area contributed by atoms with Gasteiger partial charge in [0.2, 0.25) is 0 Å². The normalized spacial score (nSPS) is 11.8. The molecule has 2 rings (SSSR count). The van der Waals surface area contributed by atoms with Gasteiger partial charge in [-0.25, -0.2) is 9.78 Å². The summed E-state index contributed by atoms with van der Waals surface area (Å²) >= 11 is 0. The number of carbonyl (C=O) groups excluding carboxylic acids is 1. The van der Waals surface area contributed by atoms with Crippen LogP contribution >= 0.6 is 0 Å². The SMILES string of the molecule is O=C(Nc1ncco1)N[C@@H](CO)Cc1ccccc1. The first kappa shape index (κ1) is 13.1. The van der Waals surface area contributed by atoms with Crippen molar-refractivity contribution in [3.8, 4) is 0 Å². The number of nitrogens with one attached hydrogen (secondary N) is 2. The van der Waals surface area contributed by atoms with E-state index in [2.05, 4.69) is 15.6 Å². The van der Waals surface area contributed by atoms with E-state index in [1.54, 1.807) is 0 Å². The molecule has 2 aromatic rings. The molecule has 0 unspecified atom stereocenters. The topological polar surface area (TPSA) is 87.4 Å². The van der Waals surface area contributed by atoms with Crippen LogP contribution in [-0.2, 0) is 6.42 Å². The van der Waals surface area contributed by atoms with Crippen LogP contribution in [0.1, 0.15) is 5.56 Å². The highest BCUT2D eigenvalue weighted by Crippen LogP contribution is 2.04. The van der Waals surface area contributed by atoms with Crippen molar-refractivity contribution in [3.63, 3.8) is 0 Å². The number of oxazole rings is 1. The van der Waals surface area contributed by atoms with Crippen LogP contribution in [-0.4, -0.2) is 28.8 Å². The third-order valence-corrected chi connectivity index (χ3v) is 2.53. The molecule has 1 heterocycles. The van der Waals surface area contributed by atoms with Gasteiger partial charge in [0.15, 0.2) is 0 Å². The average molecular weight is 261 g/mol. The van der Waals surface area contributed by atoms with Crippen molar-refractivity contribution in [1.82, 2.24) is 10.3 Å². The van der Waals surface area contributed by atoms with Crippen LogP contribution in [0, 0.1) is 0 Å². The Labute approximate surface area is 110 Å². The maximum Gasteiger partial charge on any atom is 0.323 e. The number of rotatable bonds is 5. The first-order chi connectivity index (χ1) is 9.28. The molecule has 0 spiro atoms. The van der Waals surface area contributed by atoms with Crippen molar-refractivity contribution < 1.29 is 14.3 Å². The van der Waals surface area contributed by atoms with Gasteiger partial charge in [-0.15, -0.1) is 0 Å². The fourth-order valence-electron chi connectivity index (χ4n) is 1.66. The monoisotopic (exact) mass is 261 g/mol. The lowest BCUT2D eigenvalue weighted by Gasteiger charge is -2.16. The van der Waals surface area contributed by atoms with Gasteiger partial charge in [0.25, 0.3) is 0 Å². The van der Waals surface area contributed by atoms with E-state index < -0.39 is 6.03 Å². The number of hydrogen-bond donors (Lipinski definition) is 3. The van der Waals surface area contributed by atoms with E-state index >= 15 is 0 Å². The van der Waals surface area contributed by atoms with Crippen molar-refractivity contribution in [2.24, 2.45) is 0 Å². The first-order valence-corrected chi connectivity index (χ1v) is 5.89. The van der Waals surface area contributed by atoms with E-state index in [0.717, 1.165) is 5.56 Å². The Morgan fingerprint density at radius 2 is 2.16 bits per heavy atom. The Balaban J connectivity index is 1.86. The predicted molar refractivity (Wildman–Crippen MR) is 69.7 cm³/mol. The second-order valence-electron chi connectivity index (χ2n) is 4.00. The molecule has 19 heavy (non-hydrogen) atoms. The van der Waals surface area contributed by atoms with Gasteiger partial charge in [0.05, 0.1) is 18.8 Å². The lowest BCUT2D eigenvalue weighted by molar-refractivity contribution is 0.223. The molecule has 0 saturated carbocycles. The number of aliphatic hydroxyl groups excluding tert-OH is 1. The molecule has 6 heteroatoms. The summed E-state index contributed by atoms with van der Waals surface area (Å²) in [6.07, 6.45) is 3.35. The Morgan fingerprint density at radius 1 is 1.37 bits per heavy atom. The largest absolute Gasteiger partial charge is 0.432 e.